The Hall–Kier alpha value is -1.34. The number of nitrogen functional groups attached to an aromatic ring is 1. The number of benzene rings is 1. The molecule has 0 atom stereocenters. The maximum atomic E-state index is 11.5. The van der Waals surface area contributed by atoms with Crippen molar-refractivity contribution in [2.24, 2.45) is 0 Å². The van der Waals surface area contributed by atoms with Gasteiger partial charge in [-0.25, -0.2) is 8.42 Å². The van der Waals surface area contributed by atoms with E-state index in [0.717, 1.165) is 6.26 Å². The Morgan fingerprint density at radius 2 is 2.00 bits per heavy atom. The molecule has 17 heavy (non-hydrogen) atoms. The summed E-state index contributed by atoms with van der Waals surface area (Å²) < 4.78 is 28.6. The van der Waals surface area contributed by atoms with Gasteiger partial charge >= 0.3 is 0 Å². The maximum absolute atomic E-state index is 11.5. The predicted molar refractivity (Wildman–Crippen MR) is 67.2 cm³/mol. The van der Waals surface area contributed by atoms with E-state index in [1.165, 1.54) is 18.2 Å². The van der Waals surface area contributed by atoms with Crippen molar-refractivity contribution in [1.29, 1.82) is 0 Å². The molecule has 7 heteroatoms. The molecular weight excluding hydrogens is 308 g/mol. The van der Waals surface area contributed by atoms with Crippen LogP contribution in [0.1, 0.15) is 0 Å². The Labute approximate surface area is 107 Å². The molecule has 5 nitrogen and oxygen atoms in total. The highest BCUT2D eigenvalue weighted by Crippen LogP contribution is 2.28. The Balaban J connectivity index is 2.60. The van der Waals surface area contributed by atoms with Crippen molar-refractivity contribution in [3.63, 3.8) is 0 Å². The van der Waals surface area contributed by atoms with E-state index in [1.54, 1.807) is 6.07 Å². The first-order chi connectivity index (χ1) is 7.86. The minimum atomic E-state index is -3.27. The standard InChI is InChI=1S/C10H9BrN2O3S/c1-17(14,15)8-3-6(2-7(11)4-8)9-5-10(12)13-16-9/h2-5H,1H3,(H2,12,13). The summed E-state index contributed by atoms with van der Waals surface area (Å²) in [5.41, 5.74) is 6.04. The minimum Gasteiger partial charge on any atom is -0.381 e. The summed E-state index contributed by atoms with van der Waals surface area (Å²) in [6, 6.07) is 6.31. The summed E-state index contributed by atoms with van der Waals surface area (Å²) in [6.45, 7) is 0. The Morgan fingerprint density at radius 3 is 2.53 bits per heavy atom. The molecule has 0 spiro atoms. The van der Waals surface area contributed by atoms with Crippen molar-refractivity contribution in [3.05, 3.63) is 28.7 Å². The van der Waals surface area contributed by atoms with Crippen LogP contribution in [0, 0.1) is 0 Å². The number of nitrogens with two attached hydrogens (primary N) is 1. The fourth-order valence-electron chi connectivity index (χ4n) is 1.34. The Kier molecular flexibility index (Phi) is 2.96. The minimum absolute atomic E-state index is 0.205. The fraction of sp³-hybridized carbons (Fsp3) is 0.100. The van der Waals surface area contributed by atoms with Crippen LogP contribution < -0.4 is 5.73 Å². The summed E-state index contributed by atoms with van der Waals surface area (Å²) in [4.78, 5) is 0.205. The first kappa shape index (κ1) is 12.1. The van der Waals surface area contributed by atoms with Gasteiger partial charge in [0.2, 0.25) is 0 Å². The van der Waals surface area contributed by atoms with Gasteiger partial charge in [0, 0.05) is 22.4 Å². The predicted octanol–water partition coefficient (Wildman–Crippen LogP) is 2.09. The normalized spacial score (nSPS) is 11.6. The van der Waals surface area contributed by atoms with Crippen LogP contribution >= 0.6 is 15.9 Å². The van der Waals surface area contributed by atoms with E-state index in [-0.39, 0.29) is 10.7 Å². The highest BCUT2D eigenvalue weighted by atomic mass is 79.9. The van der Waals surface area contributed by atoms with Gasteiger partial charge in [0.05, 0.1) is 4.90 Å². The molecule has 2 N–H and O–H groups in total. The smallest absolute Gasteiger partial charge is 0.175 e. The Bertz CT molecular complexity index is 664. The average Bonchev–Trinajstić information content (AvgIpc) is 2.62. The monoisotopic (exact) mass is 316 g/mol. The van der Waals surface area contributed by atoms with Gasteiger partial charge in [-0.2, -0.15) is 0 Å². The molecule has 0 fully saturated rings. The fourth-order valence-corrected chi connectivity index (χ4v) is 2.67. The highest BCUT2D eigenvalue weighted by molar-refractivity contribution is 9.10. The molecule has 0 bridgehead atoms. The third-order valence-corrected chi connectivity index (χ3v) is 3.66. The van der Waals surface area contributed by atoms with Crippen molar-refractivity contribution in [3.8, 4) is 11.3 Å². The van der Waals surface area contributed by atoms with Crippen molar-refractivity contribution in [2.45, 2.75) is 4.90 Å². The van der Waals surface area contributed by atoms with Gasteiger partial charge in [0.15, 0.2) is 21.4 Å². The zero-order valence-corrected chi connectivity index (χ0v) is 11.2. The molecule has 1 heterocycles. The second kappa shape index (κ2) is 4.15. The summed E-state index contributed by atoms with van der Waals surface area (Å²) in [6.07, 6.45) is 1.15. The van der Waals surface area contributed by atoms with E-state index < -0.39 is 9.84 Å². The van der Waals surface area contributed by atoms with Crippen LogP contribution in [0.15, 0.2) is 38.2 Å². The highest BCUT2D eigenvalue weighted by Gasteiger charge is 2.12. The van der Waals surface area contributed by atoms with Crippen molar-refractivity contribution >= 4 is 31.6 Å². The molecule has 0 aliphatic carbocycles. The first-order valence-corrected chi connectivity index (χ1v) is 7.28. The molecule has 0 saturated heterocycles. The quantitative estimate of drug-likeness (QED) is 0.916. The molecule has 0 saturated carbocycles. The summed E-state index contributed by atoms with van der Waals surface area (Å²) in [5.74, 6) is 0.676. The molecule has 0 aliphatic heterocycles. The maximum Gasteiger partial charge on any atom is 0.175 e. The van der Waals surface area contributed by atoms with Crippen LogP contribution in [0.3, 0.4) is 0 Å². The van der Waals surface area contributed by atoms with Crippen LogP contribution in [0.25, 0.3) is 11.3 Å². The lowest BCUT2D eigenvalue weighted by Gasteiger charge is -2.02. The van der Waals surface area contributed by atoms with E-state index >= 15 is 0 Å². The van der Waals surface area contributed by atoms with E-state index in [0.29, 0.717) is 15.8 Å². The van der Waals surface area contributed by atoms with Gasteiger partial charge in [-0.05, 0) is 18.2 Å². The van der Waals surface area contributed by atoms with E-state index in [2.05, 4.69) is 21.1 Å². The number of hydrogen-bond acceptors (Lipinski definition) is 5. The molecule has 2 rings (SSSR count). The van der Waals surface area contributed by atoms with Gasteiger partial charge in [-0.1, -0.05) is 21.1 Å². The van der Waals surface area contributed by atoms with Crippen LogP contribution in [-0.2, 0) is 9.84 Å². The van der Waals surface area contributed by atoms with E-state index in [4.69, 9.17) is 10.3 Å². The Morgan fingerprint density at radius 1 is 1.29 bits per heavy atom. The van der Waals surface area contributed by atoms with Crippen LogP contribution in [0.5, 0.6) is 0 Å². The number of rotatable bonds is 2. The van der Waals surface area contributed by atoms with E-state index in [9.17, 15) is 8.42 Å². The molecule has 1 aromatic heterocycles. The average molecular weight is 317 g/mol. The topological polar surface area (TPSA) is 86.2 Å². The first-order valence-electron chi connectivity index (χ1n) is 4.59. The zero-order valence-electron chi connectivity index (χ0n) is 8.84. The van der Waals surface area contributed by atoms with Gasteiger partial charge in [0.25, 0.3) is 0 Å². The second-order valence-electron chi connectivity index (χ2n) is 3.56. The number of anilines is 1. The van der Waals surface area contributed by atoms with E-state index in [1.807, 2.05) is 0 Å². The van der Waals surface area contributed by atoms with Crippen molar-refractivity contribution in [1.82, 2.24) is 5.16 Å². The summed E-state index contributed by atoms with van der Waals surface area (Å²) in [5, 5.41) is 3.55. The van der Waals surface area contributed by atoms with Gasteiger partial charge < -0.3 is 10.3 Å². The molecule has 0 aliphatic rings. The lowest BCUT2D eigenvalue weighted by Crippen LogP contribution is -1.97. The number of hydrogen-bond donors (Lipinski definition) is 1. The molecule has 2 aromatic rings. The largest absolute Gasteiger partial charge is 0.381 e. The van der Waals surface area contributed by atoms with Gasteiger partial charge in [-0.3, -0.25) is 0 Å². The van der Waals surface area contributed by atoms with Gasteiger partial charge in [0.1, 0.15) is 0 Å². The lowest BCUT2D eigenvalue weighted by atomic mass is 10.2. The third-order valence-electron chi connectivity index (χ3n) is 2.11. The molecule has 1 aromatic carbocycles. The number of halogens is 1. The van der Waals surface area contributed by atoms with Gasteiger partial charge in [-0.15, -0.1) is 0 Å². The number of aromatic nitrogens is 1. The number of sulfone groups is 1. The zero-order chi connectivity index (χ0) is 12.6. The number of nitrogens with zero attached hydrogens (tertiary/aromatic N) is 1. The van der Waals surface area contributed by atoms with Crippen molar-refractivity contribution < 1.29 is 12.9 Å². The summed E-state index contributed by atoms with van der Waals surface area (Å²) in [7, 11) is -3.27. The van der Waals surface area contributed by atoms with Crippen LogP contribution in [0.4, 0.5) is 5.82 Å². The molecule has 0 unspecified atom stereocenters. The molecular formula is C10H9BrN2O3S. The van der Waals surface area contributed by atoms with Crippen molar-refractivity contribution in [2.75, 3.05) is 12.0 Å². The molecule has 0 radical (unpaired) electrons. The molecule has 0 amide bonds. The third kappa shape index (κ3) is 2.67. The second-order valence-corrected chi connectivity index (χ2v) is 6.50. The summed E-state index contributed by atoms with van der Waals surface area (Å²) >= 11 is 3.25. The van der Waals surface area contributed by atoms with Crippen LogP contribution in [-0.4, -0.2) is 19.8 Å². The SMILES string of the molecule is CS(=O)(=O)c1cc(Br)cc(-c2cc(N)no2)c1. The molecule has 90 valence electrons. The van der Waals surface area contributed by atoms with Crippen LogP contribution in [0.2, 0.25) is 0 Å². The lowest BCUT2D eigenvalue weighted by molar-refractivity contribution is 0.435.